The Bertz CT molecular complexity index is 891. The number of nitrogens with zero attached hydrogens (tertiary/aromatic N) is 2. The molecule has 0 radical (unpaired) electrons. The first-order valence-electron chi connectivity index (χ1n) is 7.59. The van der Waals surface area contributed by atoms with E-state index in [4.69, 9.17) is 9.47 Å². The molecule has 0 bridgehead atoms. The van der Waals surface area contributed by atoms with Gasteiger partial charge in [-0.15, -0.1) is 11.3 Å². The summed E-state index contributed by atoms with van der Waals surface area (Å²) in [5.74, 6) is 1.42. The van der Waals surface area contributed by atoms with Crippen molar-refractivity contribution in [3.05, 3.63) is 58.2 Å². The Labute approximate surface area is 149 Å². The number of carbonyl (C=O) groups is 1. The molecule has 0 unspecified atom stereocenters. The van der Waals surface area contributed by atoms with E-state index < -0.39 is 0 Å². The van der Waals surface area contributed by atoms with Crippen molar-refractivity contribution in [1.29, 1.82) is 0 Å². The van der Waals surface area contributed by atoms with E-state index in [-0.39, 0.29) is 5.91 Å². The molecule has 0 atom stereocenters. The average Bonchev–Trinajstić information content (AvgIpc) is 2.95. The molecule has 1 N–H and O–H groups in total. The number of amides is 1. The third-order valence-electron chi connectivity index (χ3n) is 3.39. The topological polar surface area (TPSA) is 73.3 Å². The van der Waals surface area contributed by atoms with Gasteiger partial charge in [0.05, 0.1) is 29.7 Å². The van der Waals surface area contributed by atoms with Crippen molar-refractivity contribution in [2.24, 2.45) is 0 Å². The smallest absolute Gasteiger partial charge is 0.267 e. The SMILES string of the molecule is COc1ccccc1Oc1ccc(NC(=O)c2sc(C)nc2C)cn1. The summed E-state index contributed by atoms with van der Waals surface area (Å²) in [4.78, 5) is 21.4. The Morgan fingerprint density at radius 1 is 1.12 bits per heavy atom. The number of nitrogens with one attached hydrogen (secondary N) is 1. The van der Waals surface area contributed by atoms with Gasteiger partial charge in [0.2, 0.25) is 5.88 Å². The maximum absolute atomic E-state index is 12.3. The number of ether oxygens (including phenoxy) is 2. The Hall–Kier alpha value is -2.93. The molecule has 6 nitrogen and oxygen atoms in total. The molecule has 0 spiro atoms. The molecule has 2 aromatic heterocycles. The van der Waals surface area contributed by atoms with Gasteiger partial charge < -0.3 is 14.8 Å². The van der Waals surface area contributed by atoms with Crippen molar-refractivity contribution in [2.75, 3.05) is 12.4 Å². The van der Waals surface area contributed by atoms with Gasteiger partial charge in [-0.1, -0.05) is 12.1 Å². The second kappa shape index (κ2) is 7.31. The van der Waals surface area contributed by atoms with Crippen molar-refractivity contribution < 1.29 is 14.3 Å². The van der Waals surface area contributed by atoms with E-state index in [0.29, 0.717) is 27.9 Å². The van der Waals surface area contributed by atoms with E-state index in [9.17, 15) is 4.79 Å². The van der Waals surface area contributed by atoms with Gasteiger partial charge in [-0.3, -0.25) is 4.79 Å². The molecule has 0 fully saturated rings. The summed E-state index contributed by atoms with van der Waals surface area (Å²) in [6, 6.07) is 10.7. The highest BCUT2D eigenvalue weighted by Gasteiger charge is 2.14. The summed E-state index contributed by atoms with van der Waals surface area (Å²) in [7, 11) is 1.58. The van der Waals surface area contributed by atoms with Gasteiger partial charge in [-0.25, -0.2) is 9.97 Å². The van der Waals surface area contributed by atoms with Gasteiger partial charge in [0.1, 0.15) is 4.88 Å². The van der Waals surface area contributed by atoms with Crippen LogP contribution in [0.2, 0.25) is 0 Å². The molecule has 25 heavy (non-hydrogen) atoms. The zero-order valence-electron chi connectivity index (χ0n) is 14.1. The van der Waals surface area contributed by atoms with E-state index in [0.717, 1.165) is 10.7 Å². The molecule has 0 saturated carbocycles. The first-order chi connectivity index (χ1) is 12.1. The van der Waals surface area contributed by atoms with Crippen molar-refractivity contribution in [1.82, 2.24) is 9.97 Å². The zero-order chi connectivity index (χ0) is 17.8. The number of rotatable bonds is 5. The van der Waals surface area contributed by atoms with Gasteiger partial charge in [0.15, 0.2) is 11.5 Å². The normalized spacial score (nSPS) is 10.4. The second-order valence-corrected chi connectivity index (χ2v) is 6.44. The number of carbonyl (C=O) groups excluding carboxylic acids is 1. The van der Waals surface area contributed by atoms with Crippen LogP contribution >= 0.6 is 11.3 Å². The minimum atomic E-state index is -0.191. The number of aryl methyl sites for hydroxylation is 2. The van der Waals surface area contributed by atoms with Gasteiger partial charge in [-0.05, 0) is 32.0 Å². The second-order valence-electron chi connectivity index (χ2n) is 5.24. The molecule has 128 valence electrons. The molecule has 2 heterocycles. The lowest BCUT2D eigenvalue weighted by atomic mass is 10.3. The van der Waals surface area contributed by atoms with Crippen LogP contribution < -0.4 is 14.8 Å². The quantitative estimate of drug-likeness (QED) is 0.742. The van der Waals surface area contributed by atoms with Crippen LogP contribution in [0.5, 0.6) is 17.4 Å². The Morgan fingerprint density at radius 3 is 2.48 bits per heavy atom. The lowest BCUT2D eigenvalue weighted by Gasteiger charge is -2.09. The predicted octanol–water partition coefficient (Wildman–Crippen LogP) is 4.21. The van der Waals surface area contributed by atoms with Gasteiger partial charge >= 0.3 is 0 Å². The first kappa shape index (κ1) is 16.9. The van der Waals surface area contributed by atoms with E-state index in [1.165, 1.54) is 11.3 Å². The van der Waals surface area contributed by atoms with E-state index >= 15 is 0 Å². The Kier molecular flexibility index (Phi) is 4.95. The number of benzene rings is 1. The molecule has 1 aromatic carbocycles. The van der Waals surface area contributed by atoms with Crippen LogP contribution in [0.3, 0.4) is 0 Å². The molecular formula is C18H17N3O3S. The number of methoxy groups -OCH3 is 1. The summed E-state index contributed by atoms with van der Waals surface area (Å²) in [6.45, 7) is 3.70. The van der Waals surface area contributed by atoms with Crippen molar-refractivity contribution in [3.8, 4) is 17.4 Å². The number of hydrogen-bond donors (Lipinski definition) is 1. The standard InChI is InChI=1S/C18H17N3O3S/c1-11-17(25-12(2)20-11)18(22)21-13-8-9-16(19-10-13)24-15-7-5-4-6-14(15)23-3/h4-10H,1-3H3,(H,21,22). The summed E-state index contributed by atoms with van der Waals surface area (Å²) < 4.78 is 11.0. The summed E-state index contributed by atoms with van der Waals surface area (Å²) in [5, 5.41) is 3.68. The monoisotopic (exact) mass is 355 g/mol. The zero-order valence-corrected chi connectivity index (χ0v) is 14.9. The van der Waals surface area contributed by atoms with Crippen LogP contribution in [0, 0.1) is 13.8 Å². The number of para-hydroxylation sites is 2. The third-order valence-corrected chi connectivity index (χ3v) is 4.46. The lowest BCUT2D eigenvalue weighted by molar-refractivity contribution is 0.102. The number of hydrogen-bond acceptors (Lipinski definition) is 6. The molecule has 0 aliphatic heterocycles. The lowest BCUT2D eigenvalue weighted by Crippen LogP contribution is -2.11. The van der Waals surface area contributed by atoms with Crippen molar-refractivity contribution in [2.45, 2.75) is 13.8 Å². The highest BCUT2D eigenvalue weighted by Crippen LogP contribution is 2.30. The fraction of sp³-hybridized carbons (Fsp3) is 0.167. The Balaban J connectivity index is 1.70. The fourth-order valence-electron chi connectivity index (χ4n) is 2.26. The maximum Gasteiger partial charge on any atom is 0.267 e. The van der Waals surface area contributed by atoms with Crippen LogP contribution in [0.15, 0.2) is 42.6 Å². The molecule has 7 heteroatoms. The molecular weight excluding hydrogens is 338 g/mol. The van der Waals surface area contributed by atoms with Crippen LogP contribution in [0.1, 0.15) is 20.4 Å². The molecule has 0 aliphatic rings. The van der Waals surface area contributed by atoms with E-state index in [1.54, 1.807) is 31.5 Å². The Morgan fingerprint density at radius 2 is 1.88 bits per heavy atom. The molecule has 0 aliphatic carbocycles. The van der Waals surface area contributed by atoms with Crippen LogP contribution in [0.4, 0.5) is 5.69 Å². The largest absolute Gasteiger partial charge is 0.493 e. The molecule has 1 amide bonds. The van der Waals surface area contributed by atoms with Crippen molar-refractivity contribution >= 4 is 22.9 Å². The highest BCUT2D eigenvalue weighted by atomic mass is 32.1. The average molecular weight is 355 g/mol. The third kappa shape index (κ3) is 3.95. The number of aromatic nitrogens is 2. The van der Waals surface area contributed by atoms with E-state index in [1.807, 2.05) is 32.0 Å². The molecule has 3 aromatic rings. The van der Waals surface area contributed by atoms with Crippen LogP contribution in [-0.4, -0.2) is 23.0 Å². The van der Waals surface area contributed by atoms with Crippen molar-refractivity contribution in [3.63, 3.8) is 0 Å². The molecule has 3 rings (SSSR count). The summed E-state index contributed by atoms with van der Waals surface area (Å²) >= 11 is 1.37. The minimum Gasteiger partial charge on any atom is -0.493 e. The number of anilines is 1. The number of pyridine rings is 1. The minimum absolute atomic E-state index is 0.191. The first-order valence-corrected chi connectivity index (χ1v) is 8.41. The fourth-order valence-corrected chi connectivity index (χ4v) is 3.08. The summed E-state index contributed by atoms with van der Waals surface area (Å²) in [5.41, 5.74) is 1.31. The van der Waals surface area contributed by atoms with E-state index in [2.05, 4.69) is 15.3 Å². The van der Waals surface area contributed by atoms with Crippen LogP contribution in [-0.2, 0) is 0 Å². The number of thiazole rings is 1. The predicted molar refractivity (Wildman–Crippen MR) is 96.8 cm³/mol. The molecule has 0 saturated heterocycles. The van der Waals surface area contributed by atoms with Gasteiger partial charge in [0, 0.05) is 6.07 Å². The van der Waals surface area contributed by atoms with Gasteiger partial charge in [-0.2, -0.15) is 0 Å². The van der Waals surface area contributed by atoms with Crippen LogP contribution in [0.25, 0.3) is 0 Å². The highest BCUT2D eigenvalue weighted by molar-refractivity contribution is 7.13. The summed E-state index contributed by atoms with van der Waals surface area (Å²) in [6.07, 6.45) is 1.55. The maximum atomic E-state index is 12.3. The van der Waals surface area contributed by atoms with Gasteiger partial charge in [0.25, 0.3) is 5.91 Å².